The van der Waals surface area contributed by atoms with Crippen LogP contribution in [0.4, 0.5) is 11.4 Å². The second-order valence-corrected chi connectivity index (χ2v) is 5.68. The maximum Gasteiger partial charge on any atom is 0.272 e. The molecule has 19 heavy (non-hydrogen) atoms. The molecule has 0 radical (unpaired) electrons. The molecule has 104 valence electrons. The first-order chi connectivity index (χ1) is 8.97. The summed E-state index contributed by atoms with van der Waals surface area (Å²) in [6.07, 6.45) is 2.85. The fraction of sp³-hybridized carbons (Fsp3) is 0.500. The number of hydrogen-bond donors (Lipinski definition) is 2. The molecule has 0 aliphatic heterocycles. The Morgan fingerprint density at radius 2 is 1.95 bits per heavy atom. The number of hydrogen-bond acceptors (Lipinski definition) is 4. The minimum atomic E-state index is -0.532. The Morgan fingerprint density at radius 3 is 2.37 bits per heavy atom. The molecule has 1 aliphatic rings. The van der Waals surface area contributed by atoms with Crippen molar-refractivity contribution in [2.45, 2.75) is 19.3 Å². The Balaban J connectivity index is 2.11. The van der Waals surface area contributed by atoms with Gasteiger partial charge >= 0.3 is 0 Å². The van der Waals surface area contributed by atoms with Crippen LogP contribution in [0.2, 0.25) is 10.0 Å². The molecule has 0 saturated heterocycles. The van der Waals surface area contributed by atoms with Crippen LogP contribution in [0.5, 0.6) is 0 Å². The predicted molar refractivity (Wildman–Crippen MR) is 75.0 cm³/mol. The molecule has 0 bridgehead atoms. The van der Waals surface area contributed by atoms with Crippen molar-refractivity contribution in [3.05, 3.63) is 32.3 Å². The lowest BCUT2D eigenvalue weighted by Gasteiger charge is -2.17. The number of aliphatic hydroxyl groups excluding tert-OH is 1. The van der Waals surface area contributed by atoms with Crippen LogP contribution in [-0.2, 0) is 0 Å². The summed E-state index contributed by atoms with van der Waals surface area (Å²) in [5.74, 6) is 0. The van der Waals surface area contributed by atoms with E-state index in [1.165, 1.54) is 12.1 Å². The molecular formula is C12H14Cl2N2O3. The lowest BCUT2D eigenvalue weighted by atomic mass is 10.0. The maximum atomic E-state index is 10.7. The smallest absolute Gasteiger partial charge is 0.272 e. The van der Waals surface area contributed by atoms with Crippen molar-refractivity contribution in [3.8, 4) is 0 Å². The third kappa shape index (κ3) is 3.29. The number of benzene rings is 1. The number of nitro groups is 1. The molecule has 7 heteroatoms. The summed E-state index contributed by atoms with van der Waals surface area (Å²) in [6, 6.07) is 2.56. The minimum Gasteiger partial charge on any atom is -0.396 e. The fourth-order valence-corrected chi connectivity index (χ4v) is 2.65. The highest BCUT2D eigenvalue weighted by atomic mass is 35.5. The van der Waals surface area contributed by atoms with Gasteiger partial charge in [-0.05, 0) is 24.7 Å². The molecular weight excluding hydrogens is 291 g/mol. The molecule has 1 saturated carbocycles. The zero-order chi connectivity index (χ0) is 14.0. The first-order valence-corrected chi connectivity index (χ1v) is 6.71. The topological polar surface area (TPSA) is 75.4 Å². The van der Waals surface area contributed by atoms with Crippen molar-refractivity contribution in [3.63, 3.8) is 0 Å². The second kappa shape index (κ2) is 5.53. The summed E-state index contributed by atoms with van der Waals surface area (Å²) >= 11 is 12.0. The van der Waals surface area contributed by atoms with E-state index in [2.05, 4.69) is 5.32 Å². The summed E-state index contributed by atoms with van der Waals surface area (Å²) in [5, 5.41) is 23.3. The summed E-state index contributed by atoms with van der Waals surface area (Å²) in [7, 11) is 0. The molecule has 0 atom stereocenters. The normalized spacial score (nSPS) is 16.2. The van der Waals surface area contributed by atoms with Crippen molar-refractivity contribution >= 4 is 34.6 Å². The van der Waals surface area contributed by atoms with Crippen LogP contribution < -0.4 is 5.32 Å². The SMILES string of the molecule is O=[N+]([O-])c1cc(Cl)c(NCC2(CCO)CC2)c(Cl)c1. The van der Waals surface area contributed by atoms with Gasteiger partial charge in [0.15, 0.2) is 0 Å². The highest BCUT2D eigenvalue weighted by molar-refractivity contribution is 6.39. The van der Waals surface area contributed by atoms with Gasteiger partial charge in [0, 0.05) is 25.3 Å². The van der Waals surface area contributed by atoms with Crippen LogP contribution in [0.25, 0.3) is 0 Å². The van der Waals surface area contributed by atoms with Gasteiger partial charge in [-0.1, -0.05) is 23.2 Å². The van der Waals surface area contributed by atoms with E-state index in [1.807, 2.05) is 0 Å². The van der Waals surface area contributed by atoms with Crippen LogP contribution in [0.1, 0.15) is 19.3 Å². The van der Waals surface area contributed by atoms with Crippen molar-refractivity contribution in [2.24, 2.45) is 5.41 Å². The number of nitro benzene ring substituents is 1. The molecule has 0 spiro atoms. The Bertz CT molecular complexity index is 481. The van der Waals surface area contributed by atoms with Gasteiger partial charge in [-0.15, -0.1) is 0 Å². The van der Waals surface area contributed by atoms with Crippen LogP contribution in [0.3, 0.4) is 0 Å². The Hall–Kier alpha value is -1.04. The Kier molecular flexibility index (Phi) is 4.18. The van der Waals surface area contributed by atoms with Crippen LogP contribution in [-0.4, -0.2) is 23.2 Å². The second-order valence-electron chi connectivity index (χ2n) is 4.87. The van der Waals surface area contributed by atoms with Crippen molar-refractivity contribution in [2.75, 3.05) is 18.5 Å². The highest BCUT2D eigenvalue weighted by Crippen LogP contribution is 2.49. The van der Waals surface area contributed by atoms with Crippen LogP contribution >= 0.6 is 23.2 Å². The first kappa shape index (κ1) is 14.4. The van der Waals surface area contributed by atoms with E-state index in [1.54, 1.807) is 0 Å². The number of nitrogens with one attached hydrogen (secondary N) is 1. The molecule has 1 aliphatic carbocycles. The van der Waals surface area contributed by atoms with Crippen LogP contribution in [0.15, 0.2) is 12.1 Å². The van der Waals surface area contributed by atoms with Gasteiger partial charge in [-0.3, -0.25) is 10.1 Å². The van der Waals surface area contributed by atoms with Gasteiger partial charge in [-0.25, -0.2) is 0 Å². The quantitative estimate of drug-likeness (QED) is 0.623. The molecule has 1 fully saturated rings. The summed E-state index contributed by atoms with van der Waals surface area (Å²) < 4.78 is 0. The van der Waals surface area contributed by atoms with E-state index >= 15 is 0 Å². The van der Waals surface area contributed by atoms with Gasteiger partial charge in [0.2, 0.25) is 0 Å². The Labute approximate surface area is 120 Å². The van der Waals surface area contributed by atoms with Gasteiger partial charge in [-0.2, -0.15) is 0 Å². The van der Waals surface area contributed by atoms with E-state index in [0.29, 0.717) is 12.2 Å². The van der Waals surface area contributed by atoms with E-state index in [0.717, 1.165) is 19.3 Å². The Morgan fingerprint density at radius 1 is 1.37 bits per heavy atom. The van der Waals surface area contributed by atoms with Gasteiger partial charge in [0.05, 0.1) is 20.7 Å². The lowest BCUT2D eigenvalue weighted by Crippen LogP contribution is -2.17. The van der Waals surface area contributed by atoms with Gasteiger partial charge < -0.3 is 10.4 Å². The number of aliphatic hydroxyl groups is 1. The number of rotatable bonds is 6. The fourth-order valence-electron chi connectivity index (χ4n) is 2.04. The average Bonchev–Trinajstić information content (AvgIpc) is 3.08. The molecule has 0 unspecified atom stereocenters. The maximum absolute atomic E-state index is 10.7. The zero-order valence-corrected chi connectivity index (χ0v) is 11.7. The monoisotopic (exact) mass is 304 g/mol. The third-order valence-electron chi connectivity index (χ3n) is 3.48. The largest absolute Gasteiger partial charge is 0.396 e. The molecule has 0 aromatic heterocycles. The zero-order valence-electron chi connectivity index (χ0n) is 10.2. The molecule has 1 aromatic carbocycles. The van der Waals surface area contributed by atoms with E-state index in [4.69, 9.17) is 28.3 Å². The van der Waals surface area contributed by atoms with Crippen LogP contribution in [0, 0.1) is 15.5 Å². The number of non-ortho nitro benzene ring substituents is 1. The molecule has 5 nitrogen and oxygen atoms in total. The number of nitrogens with zero attached hydrogens (tertiary/aromatic N) is 1. The summed E-state index contributed by atoms with van der Waals surface area (Å²) in [4.78, 5) is 10.1. The van der Waals surface area contributed by atoms with Gasteiger partial charge in [0.25, 0.3) is 5.69 Å². The van der Waals surface area contributed by atoms with Crippen molar-refractivity contribution in [1.29, 1.82) is 0 Å². The van der Waals surface area contributed by atoms with Gasteiger partial charge in [0.1, 0.15) is 0 Å². The third-order valence-corrected chi connectivity index (χ3v) is 4.07. The molecule has 2 N–H and O–H groups in total. The standard InChI is InChI=1S/C12H14Cl2N2O3/c13-9-5-8(16(18)19)6-10(14)11(9)15-7-12(1-2-12)3-4-17/h5-6,15,17H,1-4,7H2. The minimum absolute atomic E-state index is 0.114. The molecule has 0 amide bonds. The first-order valence-electron chi connectivity index (χ1n) is 5.96. The molecule has 1 aromatic rings. The van der Waals surface area contributed by atoms with Crippen molar-refractivity contribution in [1.82, 2.24) is 0 Å². The number of halogens is 2. The lowest BCUT2D eigenvalue weighted by molar-refractivity contribution is -0.384. The van der Waals surface area contributed by atoms with E-state index in [-0.39, 0.29) is 27.8 Å². The van der Waals surface area contributed by atoms with E-state index < -0.39 is 4.92 Å². The average molecular weight is 305 g/mol. The summed E-state index contributed by atoms with van der Waals surface area (Å²) in [6.45, 7) is 0.814. The van der Waals surface area contributed by atoms with Crippen molar-refractivity contribution < 1.29 is 10.0 Å². The highest BCUT2D eigenvalue weighted by Gasteiger charge is 2.41. The predicted octanol–water partition coefficient (Wildman–Crippen LogP) is 3.48. The number of anilines is 1. The van der Waals surface area contributed by atoms with E-state index in [9.17, 15) is 10.1 Å². The summed E-state index contributed by atoms with van der Waals surface area (Å²) in [5.41, 5.74) is 0.499. The molecule has 0 heterocycles. The molecule has 2 rings (SSSR count).